The molecule has 0 aromatic heterocycles. The lowest BCUT2D eigenvalue weighted by Gasteiger charge is -2.02. The Balaban J connectivity index is 1.76. The monoisotopic (exact) mass is 342 g/mol. The van der Waals surface area contributed by atoms with Gasteiger partial charge in [0.15, 0.2) is 0 Å². The summed E-state index contributed by atoms with van der Waals surface area (Å²) in [6.07, 6.45) is 19.6. The van der Waals surface area contributed by atoms with Crippen molar-refractivity contribution in [1.82, 2.24) is 0 Å². The van der Waals surface area contributed by atoms with Crippen molar-refractivity contribution in [3.05, 3.63) is 0 Å². The number of ether oxygens (including phenoxy) is 1. The van der Waals surface area contributed by atoms with Gasteiger partial charge in [-0.2, -0.15) is 11.8 Å². The minimum atomic E-state index is -0.0624. The molecule has 1 heterocycles. The van der Waals surface area contributed by atoms with Crippen LogP contribution in [0.15, 0.2) is 0 Å². The van der Waals surface area contributed by atoms with Crippen LogP contribution < -0.4 is 0 Å². The van der Waals surface area contributed by atoms with E-state index in [1.54, 1.807) is 0 Å². The molecule has 2 unspecified atom stereocenters. The highest BCUT2D eigenvalue weighted by molar-refractivity contribution is 8.07. The van der Waals surface area contributed by atoms with Crippen molar-refractivity contribution in [3.8, 4) is 0 Å². The summed E-state index contributed by atoms with van der Waals surface area (Å²) in [6.45, 7) is 2.28. The van der Waals surface area contributed by atoms with Crippen molar-refractivity contribution < 1.29 is 9.53 Å². The molecule has 0 aliphatic carbocycles. The molecule has 1 rings (SSSR count). The molecule has 0 aromatic carbocycles. The second kappa shape index (κ2) is 14.2. The molecule has 23 heavy (non-hydrogen) atoms. The van der Waals surface area contributed by atoms with Crippen LogP contribution in [0.25, 0.3) is 0 Å². The van der Waals surface area contributed by atoms with E-state index in [1.807, 2.05) is 0 Å². The highest BCUT2D eigenvalue weighted by atomic mass is 32.2. The summed E-state index contributed by atoms with van der Waals surface area (Å²) < 4.78 is 4.65. The summed E-state index contributed by atoms with van der Waals surface area (Å²) >= 11 is 2.22. The third-order valence-corrected chi connectivity index (χ3v) is 6.39. The fraction of sp³-hybridized carbons (Fsp3) is 0.950. The maximum Gasteiger partial charge on any atom is 0.305 e. The van der Waals surface area contributed by atoms with Gasteiger partial charge in [-0.25, -0.2) is 0 Å². The Morgan fingerprint density at radius 2 is 1.26 bits per heavy atom. The van der Waals surface area contributed by atoms with Gasteiger partial charge in [0.2, 0.25) is 0 Å². The van der Waals surface area contributed by atoms with Crippen LogP contribution in [0.2, 0.25) is 0 Å². The average Bonchev–Trinajstić information content (AvgIpc) is 3.31. The maximum atomic E-state index is 11.0. The lowest BCUT2D eigenvalue weighted by molar-refractivity contribution is -0.140. The van der Waals surface area contributed by atoms with E-state index in [0.717, 1.165) is 16.9 Å². The number of thioether (sulfide) groups is 1. The number of esters is 1. The normalized spacial score (nSPS) is 19.7. The van der Waals surface area contributed by atoms with Gasteiger partial charge < -0.3 is 4.74 Å². The molecule has 0 aromatic rings. The van der Waals surface area contributed by atoms with E-state index in [2.05, 4.69) is 23.4 Å². The van der Waals surface area contributed by atoms with E-state index in [9.17, 15) is 4.79 Å². The average molecular weight is 343 g/mol. The SMILES string of the molecule is CCCCCCCCCC1SC1CCCCCCCC(=O)OC. The number of carbonyl (C=O) groups excluding carboxylic acids is 1. The van der Waals surface area contributed by atoms with Crippen molar-refractivity contribution in [2.24, 2.45) is 0 Å². The van der Waals surface area contributed by atoms with Gasteiger partial charge in [-0.15, -0.1) is 0 Å². The first-order valence-corrected chi connectivity index (χ1v) is 10.9. The maximum absolute atomic E-state index is 11.0. The zero-order valence-corrected chi connectivity index (χ0v) is 16.3. The summed E-state index contributed by atoms with van der Waals surface area (Å²) in [5.41, 5.74) is 0. The fourth-order valence-corrected chi connectivity index (χ4v) is 4.47. The third kappa shape index (κ3) is 11.9. The van der Waals surface area contributed by atoms with E-state index >= 15 is 0 Å². The number of methoxy groups -OCH3 is 1. The first-order valence-electron chi connectivity index (χ1n) is 10.00. The largest absolute Gasteiger partial charge is 0.469 e. The Kier molecular flexibility index (Phi) is 12.9. The Morgan fingerprint density at radius 3 is 1.78 bits per heavy atom. The third-order valence-electron chi connectivity index (χ3n) is 4.88. The highest BCUT2D eigenvalue weighted by Gasteiger charge is 2.36. The van der Waals surface area contributed by atoms with Crippen molar-refractivity contribution in [3.63, 3.8) is 0 Å². The molecule has 1 fully saturated rings. The Labute approximate surface area is 148 Å². The molecule has 1 saturated heterocycles. The molecule has 0 bridgehead atoms. The number of rotatable bonds is 16. The molecule has 3 heteroatoms. The lowest BCUT2D eigenvalue weighted by Crippen LogP contribution is -1.99. The quantitative estimate of drug-likeness (QED) is 0.181. The van der Waals surface area contributed by atoms with Crippen LogP contribution in [0, 0.1) is 0 Å². The Morgan fingerprint density at radius 1 is 0.783 bits per heavy atom. The number of unbranched alkanes of at least 4 members (excludes halogenated alkanes) is 10. The van der Waals surface area contributed by atoms with Gasteiger partial charge in [-0.05, 0) is 19.3 Å². The van der Waals surface area contributed by atoms with E-state index in [-0.39, 0.29) is 5.97 Å². The Bertz CT molecular complexity index is 293. The van der Waals surface area contributed by atoms with Gasteiger partial charge in [0.25, 0.3) is 0 Å². The summed E-state index contributed by atoms with van der Waals surface area (Å²) in [4.78, 5) is 11.0. The molecule has 0 saturated carbocycles. The minimum absolute atomic E-state index is 0.0624. The zero-order chi connectivity index (χ0) is 16.8. The first kappa shape index (κ1) is 20.9. The summed E-state index contributed by atoms with van der Waals surface area (Å²) in [5, 5.41) is 1.97. The van der Waals surface area contributed by atoms with Gasteiger partial charge in [0.05, 0.1) is 7.11 Å². The smallest absolute Gasteiger partial charge is 0.305 e. The van der Waals surface area contributed by atoms with E-state index in [1.165, 1.54) is 90.6 Å². The van der Waals surface area contributed by atoms with E-state index in [0.29, 0.717) is 6.42 Å². The van der Waals surface area contributed by atoms with Gasteiger partial charge in [-0.1, -0.05) is 77.6 Å². The number of carbonyl (C=O) groups is 1. The van der Waals surface area contributed by atoms with Gasteiger partial charge in [-0.3, -0.25) is 4.79 Å². The molecule has 0 spiro atoms. The fourth-order valence-electron chi connectivity index (χ4n) is 3.24. The van der Waals surface area contributed by atoms with Crippen molar-refractivity contribution in [2.45, 2.75) is 114 Å². The zero-order valence-electron chi connectivity index (χ0n) is 15.5. The summed E-state index contributed by atoms with van der Waals surface area (Å²) in [5.74, 6) is -0.0624. The standard InChI is InChI=1S/C20H38O2S/c1-3-4-5-6-7-9-12-15-18-19(23-18)16-13-10-8-11-14-17-20(21)22-2/h18-19H,3-17H2,1-2H3. The molecule has 0 radical (unpaired) electrons. The second-order valence-corrected chi connectivity index (χ2v) is 8.49. The van der Waals surface area contributed by atoms with Crippen LogP contribution >= 0.6 is 11.8 Å². The predicted octanol–water partition coefficient (Wildman–Crippen LogP) is 6.51. The van der Waals surface area contributed by atoms with Gasteiger partial charge >= 0.3 is 5.97 Å². The summed E-state index contributed by atoms with van der Waals surface area (Å²) in [7, 11) is 1.47. The van der Waals surface area contributed by atoms with E-state index < -0.39 is 0 Å². The lowest BCUT2D eigenvalue weighted by atomic mass is 10.0. The molecule has 1 aliphatic rings. The minimum Gasteiger partial charge on any atom is -0.469 e. The molecule has 136 valence electrons. The van der Waals surface area contributed by atoms with Crippen molar-refractivity contribution >= 4 is 17.7 Å². The molecule has 1 aliphatic heterocycles. The molecule has 2 atom stereocenters. The molecule has 2 nitrogen and oxygen atoms in total. The topological polar surface area (TPSA) is 26.3 Å². The highest BCUT2D eigenvalue weighted by Crippen LogP contribution is 2.47. The van der Waals surface area contributed by atoms with Gasteiger partial charge in [0, 0.05) is 16.9 Å². The van der Waals surface area contributed by atoms with Crippen LogP contribution in [0.1, 0.15) is 103 Å². The van der Waals surface area contributed by atoms with Crippen LogP contribution in [-0.2, 0) is 9.53 Å². The van der Waals surface area contributed by atoms with Crippen molar-refractivity contribution in [2.75, 3.05) is 7.11 Å². The van der Waals surface area contributed by atoms with Crippen LogP contribution in [0.5, 0.6) is 0 Å². The van der Waals surface area contributed by atoms with Gasteiger partial charge in [0.1, 0.15) is 0 Å². The number of hydrogen-bond acceptors (Lipinski definition) is 3. The molecular weight excluding hydrogens is 304 g/mol. The van der Waals surface area contributed by atoms with Crippen LogP contribution in [-0.4, -0.2) is 23.6 Å². The Hall–Kier alpha value is -0.180. The first-order chi connectivity index (χ1) is 11.3. The van der Waals surface area contributed by atoms with E-state index in [4.69, 9.17) is 0 Å². The molecular formula is C20H38O2S. The predicted molar refractivity (Wildman–Crippen MR) is 102 cm³/mol. The van der Waals surface area contributed by atoms with Crippen LogP contribution in [0.3, 0.4) is 0 Å². The van der Waals surface area contributed by atoms with Crippen LogP contribution in [0.4, 0.5) is 0 Å². The van der Waals surface area contributed by atoms with Crippen molar-refractivity contribution in [1.29, 1.82) is 0 Å². The molecule has 0 N–H and O–H groups in total. The number of hydrogen-bond donors (Lipinski definition) is 0. The summed E-state index contributed by atoms with van der Waals surface area (Å²) in [6, 6.07) is 0. The molecule has 0 amide bonds. The second-order valence-electron chi connectivity index (χ2n) is 7.01.